The number of nitro benzene ring substituents is 1. The maximum absolute atomic E-state index is 13.0. The quantitative estimate of drug-likeness (QED) is 0.136. The molecule has 0 saturated carbocycles. The van der Waals surface area contributed by atoms with Gasteiger partial charge in [-0.25, -0.2) is 0 Å². The normalized spacial score (nSPS) is 14.4. The van der Waals surface area contributed by atoms with Gasteiger partial charge in [-0.15, -0.1) is 0 Å². The van der Waals surface area contributed by atoms with Crippen LogP contribution < -0.4 is 9.47 Å². The van der Waals surface area contributed by atoms with Crippen molar-refractivity contribution in [3.8, 4) is 11.5 Å². The first-order valence-corrected chi connectivity index (χ1v) is 13.5. The first kappa shape index (κ1) is 26.9. The summed E-state index contributed by atoms with van der Waals surface area (Å²) in [6, 6.07) is 17.1. The summed E-state index contributed by atoms with van der Waals surface area (Å²) in [5, 5.41) is 10.5. The third-order valence-corrected chi connectivity index (χ3v) is 7.31. The van der Waals surface area contributed by atoms with Crippen LogP contribution in [0.1, 0.15) is 23.6 Å². The summed E-state index contributed by atoms with van der Waals surface area (Å²) >= 11 is 7.79. The van der Waals surface area contributed by atoms with Crippen LogP contribution in [-0.4, -0.2) is 27.6 Å². The van der Waals surface area contributed by atoms with E-state index in [0.29, 0.717) is 33.0 Å². The lowest BCUT2D eigenvalue weighted by Crippen LogP contribution is -2.27. The van der Waals surface area contributed by atoms with Gasteiger partial charge in [-0.05, 0) is 93.8 Å². The number of non-ortho nitro benzene ring substituents is 1. The molecule has 4 rings (SSSR count). The Labute approximate surface area is 234 Å². The van der Waals surface area contributed by atoms with Crippen molar-refractivity contribution >= 4 is 66.5 Å². The Kier molecular flexibility index (Phi) is 8.67. The molecule has 8 nitrogen and oxygen atoms in total. The number of hydrogen-bond acceptors (Lipinski definition) is 7. The van der Waals surface area contributed by atoms with Crippen LogP contribution in [0.15, 0.2) is 74.5 Å². The summed E-state index contributed by atoms with van der Waals surface area (Å²) in [4.78, 5) is 37.5. The van der Waals surface area contributed by atoms with E-state index in [2.05, 4.69) is 31.9 Å². The number of rotatable bonds is 9. The van der Waals surface area contributed by atoms with Crippen molar-refractivity contribution in [2.75, 3.05) is 6.61 Å². The Balaban J connectivity index is 1.52. The molecule has 1 saturated heterocycles. The van der Waals surface area contributed by atoms with Crippen molar-refractivity contribution in [2.24, 2.45) is 0 Å². The van der Waals surface area contributed by atoms with Gasteiger partial charge in [-0.1, -0.05) is 28.1 Å². The van der Waals surface area contributed by atoms with Crippen molar-refractivity contribution in [1.82, 2.24) is 4.90 Å². The predicted octanol–water partition coefficient (Wildman–Crippen LogP) is 7.33. The minimum atomic E-state index is -0.456. The topological polar surface area (TPSA) is 99.0 Å². The van der Waals surface area contributed by atoms with E-state index in [0.717, 1.165) is 27.4 Å². The maximum atomic E-state index is 13.0. The lowest BCUT2D eigenvalue weighted by atomic mass is 10.1. The highest BCUT2D eigenvalue weighted by Gasteiger charge is 2.35. The summed E-state index contributed by atoms with van der Waals surface area (Å²) in [6.45, 7) is 2.59. The molecule has 1 heterocycles. The molecule has 0 atom stereocenters. The monoisotopic (exact) mass is 646 g/mol. The minimum absolute atomic E-state index is 0.00513. The van der Waals surface area contributed by atoms with Gasteiger partial charge in [0.15, 0.2) is 11.5 Å². The Morgan fingerprint density at radius 2 is 1.68 bits per heavy atom. The largest absolute Gasteiger partial charge is 0.490 e. The van der Waals surface area contributed by atoms with Crippen molar-refractivity contribution in [3.63, 3.8) is 0 Å². The molecule has 0 aliphatic carbocycles. The fourth-order valence-corrected chi connectivity index (χ4v) is 5.18. The van der Waals surface area contributed by atoms with Crippen LogP contribution in [0.4, 0.5) is 10.5 Å². The Morgan fingerprint density at radius 3 is 2.32 bits per heavy atom. The molecule has 3 aromatic carbocycles. The van der Waals surface area contributed by atoms with Gasteiger partial charge in [0.2, 0.25) is 0 Å². The summed E-state index contributed by atoms with van der Waals surface area (Å²) in [7, 11) is 0. The lowest BCUT2D eigenvalue weighted by Gasteiger charge is -2.15. The Bertz CT molecular complexity index is 1380. The number of nitrogens with zero attached hydrogens (tertiary/aromatic N) is 2. The average molecular weight is 648 g/mol. The zero-order valence-electron chi connectivity index (χ0n) is 19.5. The van der Waals surface area contributed by atoms with Gasteiger partial charge in [0, 0.05) is 16.6 Å². The number of imide groups is 1. The number of carbonyl (C=O) groups is 2. The van der Waals surface area contributed by atoms with Crippen LogP contribution in [0.2, 0.25) is 0 Å². The standard InChI is InChI=1S/C26H20Br2N2O6S/c1-2-35-22-12-18(11-21(28)24(22)36-15-17-5-9-20(10-6-17)30(33)34)13-23-25(31)29(26(32)37-23)14-16-3-7-19(27)8-4-16/h3-13H,2,14-15H2,1H3/b23-13-. The minimum Gasteiger partial charge on any atom is -0.490 e. The molecule has 0 N–H and O–H groups in total. The number of halogens is 2. The molecule has 2 amide bonds. The molecule has 11 heteroatoms. The van der Waals surface area contributed by atoms with E-state index in [1.165, 1.54) is 17.0 Å². The highest BCUT2D eigenvalue weighted by atomic mass is 79.9. The number of nitro groups is 1. The van der Waals surface area contributed by atoms with Crippen molar-refractivity contribution < 1.29 is 24.0 Å². The SMILES string of the molecule is CCOc1cc(/C=C2\SC(=O)N(Cc3ccc(Br)cc3)C2=O)cc(Br)c1OCc1ccc([N+](=O)[O-])cc1. The van der Waals surface area contributed by atoms with E-state index in [-0.39, 0.29) is 30.0 Å². The van der Waals surface area contributed by atoms with Crippen molar-refractivity contribution in [3.05, 3.63) is 101 Å². The zero-order chi connectivity index (χ0) is 26.5. The summed E-state index contributed by atoms with van der Waals surface area (Å²) in [6.07, 6.45) is 1.65. The fourth-order valence-electron chi connectivity index (χ4n) is 3.50. The molecule has 0 spiro atoms. The van der Waals surface area contributed by atoms with Crippen LogP contribution in [0.25, 0.3) is 6.08 Å². The van der Waals surface area contributed by atoms with Crippen molar-refractivity contribution in [2.45, 2.75) is 20.1 Å². The number of carbonyl (C=O) groups excluding carboxylic acids is 2. The van der Waals surface area contributed by atoms with Crippen LogP contribution >= 0.6 is 43.6 Å². The molecular weight excluding hydrogens is 628 g/mol. The molecule has 0 radical (unpaired) electrons. The van der Waals surface area contributed by atoms with Gasteiger partial charge in [0.25, 0.3) is 16.8 Å². The van der Waals surface area contributed by atoms with Crippen LogP contribution in [-0.2, 0) is 17.9 Å². The lowest BCUT2D eigenvalue weighted by molar-refractivity contribution is -0.384. The molecule has 3 aromatic rings. The first-order chi connectivity index (χ1) is 17.7. The second-order valence-corrected chi connectivity index (χ2v) is 10.6. The Morgan fingerprint density at radius 1 is 1.00 bits per heavy atom. The molecule has 1 aliphatic heterocycles. The summed E-state index contributed by atoms with van der Waals surface area (Å²) < 4.78 is 13.3. The first-order valence-electron chi connectivity index (χ1n) is 11.1. The van der Waals surface area contributed by atoms with E-state index in [1.54, 1.807) is 30.3 Å². The molecule has 0 unspecified atom stereocenters. The number of benzene rings is 3. The average Bonchev–Trinajstić information content (AvgIpc) is 3.12. The van der Waals surface area contributed by atoms with E-state index in [4.69, 9.17) is 9.47 Å². The van der Waals surface area contributed by atoms with Gasteiger partial charge in [-0.2, -0.15) is 0 Å². The van der Waals surface area contributed by atoms with Crippen LogP contribution in [0, 0.1) is 10.1 Å². The second-order valence-electron chi connectivity index (χ2n) is 7.87. The molecule has 1 fully saturated rings. The molecular formula is C26H20Br2N2O6S. The highest BCUT2D eigenvalue weighted by molar-refractivity contribution is 9.10. The summed E-state index contributed by atoms with van der Waals surface area (Å²) in [5.41, 5.74) is 2.27. The van der Waals surface area contributed by atoms with Gasteiger partial charge in [0.05, 0.1) is 27.5 Å². The van der Waals surface area contributed by atoms with Crippen molar-refractivity contribution in [1.29, 1.82) is 0 Å². The third-order valence-electron chi connectivity index (χ3n) is 5.29. The summed E-state index contributed by atoms with van der Waals surface area (Å²) in [5.74, 6) is 0.560. The number of thioether (sulfide) groups is 1. The maximum Gasteiger partial charge on any atom is 0.293 e. The van der Waals surface area contributed by atoms with Gasteiger partial charge in [-0.3, -0.25) is 24.6 Å². The van der Waals surface area contributed by atoms with Gasteiger partial charge >= 0.3 is 0 Å². The Hall–Kier alpha value is -3.15. The molecule has 1 aliphatic rings. The van der Waals surface area contributed by atoms with E-state index >= 15 is 0 Å². The van der Waals surface area contributed by atoms with Crippen LogP contribution in [0.5, 0.6) is 11.5 Å². The van der Waals surface area contributed by atoms with Gasteiger partial charge in [0.1, 0.15) is 6.61 Å². The van der Waals surface area contributed by atoms with E-state index in [1.807, 2.05) is 31.2 Å². The third kappa shape index (κ3) is 6.60. The number of ether oxygens (including phenoxy) is 2. The molecule has 37 heavy (non-hydrogen) atoms. The van der Waals surface area contributed by atoms with E-state index < -0.39 is 4.92 Å². The molecule has 0 bridgehead atoms. The highest BCUT2D eigenvalue weighted by Crippen LogP contribution is 2.40. The molecule has 190 valence electrons. The molecule has 0 aromatic heterocycles. The number of amides is 2. The van der Waals surface area contributed by atoms with Gasteiger partial charge < -0.3 is 9.47 Å². The zero-order valence-corrected chi connectivity index (χ0v) is 23.5. The predicted molar refractivity (Wildman–Crippen MR) is 148 cm³/mol. The smallest absolute Gasteiger partial charge is 0.293 e. The second kappa shape index (κ2) is 11.9. The number of hydrogen-bond donors (Lipinski definition) is 0. The van der Waals surface area contributed by atoms with Crippen LogP contribution in [0.3, 0.4) is 0 Å². The fraction of sp³-hybridized carbons (Fsp3) is 0.154. The van der Waals surface area contributed by atoms with E-state index in [9.17, 15) is 19.7 Å².